The lowest BCUT2D eigenvalue weighted by molar-refractivity contribution is 0.278. The summed E-state index contributed by atoms with van der Waals surface area (Å²) in [7, 11) is -3.69. The third kappa shape index (κ3) is 3.33. The predicted octanol–water partition coefficient (Wildman–Crippen LogP) is 2.70. The molecule has 2 N–H and O–H groups in total. The largest absolute Gasteiger partial charge is 0.392 e. The lowest BCUT2D eigenvalue weighted by atomic mass is 10.2. The molecule has 0 aliphatic rings. The Labute approximate surface area is 122 Å². The first-order chi connectivity index (χ1) is 9.56. The van der Waals surface area contributed by atoms with Crippen LogP contribution in [0.4, 0.5) is 5.69 Å². The maximum absolute atomic E-state index is 12.3. The fourth-order valence-electron chi connectivity index (χ4n) is 1.77. The van der Waals surface area contributed by atoms with Gasteiger partial charge in [-0.05, 0) is 42.2 Å². The Kier molecular flexibility index (Phi) is 4.69. The van der Waals surface area contributed by atoms with Crippen molar-refractivity contribution in [3.05, 3.63) is 54.1 Å². The number of hydrogen-bond acceptors (Lipinski definition) is 4. The molecule has 0 saturated carbocycles. The molecule has 0 spiro atoms. The molecule has 2 aromatic rings. The van der Waals surface area contributed by atoms with Crippen LogP contribution in [0, 0.1) is 0 Å². The first kappa shape index (κ1) is 14.9. The lowest BCUT2D eigenvalue weighted by Gasteiger charge is -2.11. The van der Waals surface area contributed by atoms with Crippen LogP contribution in [0.25, 0.3) is 0 Å². The van der Waals surface area contributed by atoms with Gasteiger partial charge in [0.1, 0.15) is 0 Å². The maximum Gasteiger partial charge on any atom is 0.262 e. The zero-order valence-corrected chi connectivity index (χ0v) is 12.5. The maximum atomic E-state index is 12.3. The Morgan fingerprint density at radius 2 is 1.75 bits per heavy atom. The van der Waals surface area contributed by atoms with Crippen LogP contribution >= 0.6 is 11.8 Å². The van der Waals surface area contributed by atoms with Crippen LogP contribution in [0.1, 0.15) is 5.56 Å². The van der Waals surface area contributed by atoms with Gasteiger partial charge in [-0.2, -0.15) is 0 Å². The van der Waals surface area contributed by atoms with Crippen molar-refractivity contribution >= 4 is 27.5 Å². The molecule has 0 amide bonds. The molecule has 6 heteroatoms. The minimum Gasteiger partial charge on any atom is -0.392 e. The van der Waals surface area contributed by atoms with E-state index < -0.39 is 10.0 Å². The summed E-state index contributed by atoms with van der Waals surface area (Å²) in [6.45, 7) is -0.317. The fourth-order valence-corrected chi connectivity index (χ4v) is 3.47. The first-order valence-electron chi connectivity index (χ1n) is 5.92. The van der Waals surface area contributed by atoms with Crippen LogP contribution in [0.3, 0.4) is 0 Å². The van der Waals surface area contributed by atoms with Crippen LogP contribution in [-0.2, 0) is 16.6 Å². The van der Waals surface area contributed by atoms with Gasteiger partial charge in [0.2, 0.25) is 0 Å². The summed E-state index contributed by atoms with van der Waals surface area (Å²) in [5.41, 5.74) is 0.872. The molecule has 0 aliphatic heterocycles. The van der Waals surface area contributed by atoms with Gasteiger partial charge < -0.3 is 5.11 Å². The molecular weight excluding hydrogens is 294 g/mol. The minimum absolute atomic E-state index is 0.0939. The number of sulfonamides is 1. The number of rotatable bonds is 5. The molecule has 0 bridgehead atoms. The SMILES string of the molecule is CSc1ccc(NS(=O)(=O)c2ccccc2CO)cc1. The van der Waals surface area contributed by atoms with E-state index in [4.69, 9.17) is 0 Å². The lowest BCUT2D eigenvalue weighted by Crippen LogP contribution is -2.15. The van der Waals surface area contributed by atoms with E-state index in [0.717, 1.165) is 4.90 Å². The highest BCUT2D eigenvalue weighted by Crippen LogP contribution is 2.22. The molecular formula is C14H15NO3S2. The summed E-state index contributed by atoms with van der Waals surface area (Å²) in [6, 6.07) is 13.5. The predicted molar refractivity (Wildman–Crippen MR) is 81.4 cm³/mol. The van der Waals surface area contributed by atoms with E-state index >= 15 is 0 Å². The number of aliphatic hydroxyl groups is 1. The summed E-state index contributed by atoms with van der Waals surface area (Å²) in [4.78, 5) is 1.15. The van der Waals surface area contributed by atoms with Crippen LogP contribution in [0.15, 0.2) is 58.3 Å². The quantitative estimate of drug-likeness (QED) is 0.833. The average molecular weight is 309 g/mol. The number of anilines is 1. The number of thioether (sulfide) groups is 1. The van der Waals surface area contributed by atoms with Gasteiger partial charge in [-0.3, -0.25) is 4.72 Å². The standard InChI is InChI=1S/C14H15NO3S2/c1-19-13-8-6-12(7-9-13)15-20(17,18)14-5-3-2-4-11(14)10-16/h2-9,15-16H,10H2,1H3. The normalized spacial score (nSPS) is 11.3. The molecule has 0 saturated heterocycles. The van der Waals surface area contributed by atoms with E-state index in [2.05, 4.69) is 4.72 Å². The third-order valence-electron chi connectivity index (χ3n) is 2.77. The van der Waals surface area contributed by atoms with Crippen molar-refractivity contribution in [1.82, 2.24) is 0 Å². The molecule has 106 valence electrons. The van der Waals surface area contributed by atoms with Crippen molar-refractivity contribution in [2.45, 2.75) is 16.4 Å². The number of nitrogens with one attached hydrogen (secondary N) is 1. The fraction of sp³-hybridized carbons (Fsp3) is 0.143. The van der Waals surface area contributed by atoms with Gasteiger partial charge in [0.25, 0.3) is 10.0 Å². The molecule has 2 aromatic carbocycles. The molecule has 20 heavy (non-hydrogen) atoms. The molecule has 0 unspecified atom stereocenters. The van der Waals surface area contributed by atoms with Crippen molar-refractivity contribution in [3.8, 4) is 0 Å². The second kappa shape index (κ2) is 6.30. The van der Waals surface area contributed by atoms with Gasteiger partial charge in [0.05, 0.1) is 11.5 Å². The number of aliphatic hydroxyl groups excluding tert-OH is 1. The second-order valence-corrected chi connectivity index (χ2v) is 6.63. The molecule has 4 nitrogen and oxygen atoms in total. The first-order valence-corrected chi connectivity index (χ1v) is 8.63. The van der Waals surface area contributed by atoms with Crippen molar-refractivity contribution in [1.29, 1.82) is 0 Å². The van der Waals surface area contributed by atoms with Gasteiger partial charge >= 0.3 is 0 Å². The van der Waals surface area contributed by atoms with Crippen molar-refractivity contribution in [2.24, 2.45) is 0 Å². The van der Waals surface area contributed by atoms with Crippen LogP contribution in [0.2, 0.25) is 0 Å². The Bertz CT molecular complexity index is 682. The van der Waals surface area contributed by atoms with E-state index in [-0.39, 0.29) is 11.5 Å². The van der Waals surface area contributed by atoms with Crippen LogP contribution in [0.5, 0.6) is 0 Å². The van der Waals surface area contributed by atoms with Crippen LogP contribution in [-0.4, -0.2) is 19.8 Å². The van der Waals surface area contributed by atoms with E-state index in [0.29, 0.717) is 11.3 Å². The highest BCUT2D eigenvalue weighted by molar-refractivity contribution is 7.98. The monoisotopic (exact) mass is 309 g/mol. The van der Waals surface area contributed by atoms with Gasteiger partial charge in [-0.15, -0.1) is 11.8 Å². The summed E-state index contributed by atoms with van der Waals surface area (Å²) in [6.07, 6.45) is 1.96. The summed E-state index contributed by atoms with van der Waals surface area (Å²) in [5, 5.41) is 9.22. The number of hydrogen-bond donors (Lipinski definition) is 2. The van der Waals surface area contributed by atoms with Crippen LogP contribution < -0.4 is 4.72 Å². The summed E-state index contributed by atoms with van der Waals surface area (Å²) >= 11 is 1.59. The summed E-state index contributed by atoms with van der Waals surface area (Å²) < 4.78 is 27.1. The van der Waals surface area contributed by atoms with Gasteiger partial charge in [0.15, 0.2) is 0 Å². The van der Waals surface area contributed by atoms with Gasteiger partial charge in [0, 0.05) is 10.6 Å². The molecule has 0 fully saturated rings. The molecule has 0 heterocycles. The summed E-state index contributed by atoms with van der Waals surface area (Å²) in [5.74, 6) is 0. The van der Waals surface area contributed by atoms with Crippen molar-refractivity contribution in [3.63, 3.8) is 0 Å². The second-order valence-electron chi connectivity index (χ2n) is 4.10. The van der Waals surface area contributed by atoms with Gasteiger partial charge in [-0.25, -0.2) is 8.42 Å². The highest BCUT2D eigenvalue weighted by atomic mass is 32.2. The minimum atomic E-state index is -3.69. The van der Waals surface area contributed by atoms with E-state index in [1.165, 1.54) is 6.07 Å². The molecule has 2 rings (SSSR count). The zero-order chi connectivity index (χ0) is 14.6. The third-order valence-corrected chi connectivity index (χ3v) is 5.00. The van der Waals surface area contributed by atoms with Crippen molar-refractivity contribution < 1.29 is 13.5 Å². The van der Waals surface area contributed by atoms with Gasteiger partial charge in [-0.1, -0.05) is 18.2 Å². The van der Waals surface area contributed by atoms with E-state index in [1.54, 1.807) is 42.1 Å². The highest BCUT2D eigenvalue weighted by Gasteiger charge is 2.17. The Balaban J connectivity index is 2.30. The Morgan fingerprint density at radius 3 is 2.35 bits per heavy atom. The number of benzene rings is 2. The Hall–Kier alpha value is -1.50. The average Bonchev–Trinajstić information content (AvgIpc) is 2.47. The molecule has 0 atom stereocenters. The molecule has 0 aliphatic carbocycles. The zero-order valence-electron chi connectivity index (χ0n) is 10.9. The Morgan fingerprint density at radius 1 is 1.10 bits per heavy atom. The molecule has 0 radical (unpaired) electrons. The smallest absolute Gasteiger partial charge is 0.262 e. The van der Waals surface area contributed by atoms with E-state index in [9.17, 15) is 13.5 Å². The van der Waals surface area contributed by atoms with Crippen molar-refractivity contribution in [2.75, 3.05) is 11.0 Å². The molecule has 0 aromatic heterocycles. The van der Waals surface area contributed by atoms with E-state index in [1.807, 2.05) is 18.4 Å². The topological polar surface area (TPSA) is 66.4 Å².